The van der Waals surface area contributed by atoms with Crippen LogP contribution in [0.1, 0.15) is 20.8 Å². The van der Waals surface area contributed by atoms with Gasteiger partial charge in [-0.1, -0.05) is 99.1 Å². The Labute approximate surface area is 262 Å². The maximum absolute atomic E-state index is 7.36. The molecular formula is C38H37ClO5. The summed E-state index contributed by atoms with van der Waals surface area (Å²) in [6.45, 7) is 11.4. The summed E-state index contributed by atoms with van der Waals surface area (Å²) < 4.78 is 31.1. The van der Waals surface area contributed by atoms with Gasteiger partial charge in [0.25, 0.3) is 0 Å². The molecule has 8 rings (SSSR count). The van der Waals surface area contributed by atoms with Gasteiger partial charge in [-0.15, -0.1) is 0 Å². The molecule has 3 aliphatic heterocycles. The zero-order valence-electron chi connectivity index (χ0n) is 25.5. The molecule has 5 nitrogen and oxygen atoms in total. The largest absolute Gasteiger partial charge is 0.492 e. The minimum atomic E-state index is -0.117. The van der Waals surface area contributed by atoms with Crippen molar-refractivity contribution in [1.29, 1.82) is 0 Å². The van der Waals surface area contributed by atoms with Crippen LogP contribution in [0.25, 0.3) is 43.4 Å². The van der Waals surface area contributed by atoms with Crippen LogP contribution in [0.15, 0.2) is 78.9 Å². The third-order valence-electron chi connectivity index (χ3n) is 9.79. The van der Waals surface area contributed by atoms with E-state index in [0.717, 1.165) is 54.9 Å². The maximum atomic E-state index is 7.36. The molecule has 6 heteroatoms. The number of halogens is 1. The molecule has 0 radical (unpaired) electrons. The Hall–Kier alpha value is -3.35. The van der Waals surface area contributed by atoms with Crippen LogP contribution >= 0.6 is 11.6 Å². The van der Waals surface area contributed by atoms with Crippen LogP contribution in [0.5, 0.6) is 11.5 Å². The molecule has 0 aliphatic carbocycles. The van der Waals surface area contributed by atoms with Crippen molar-refractivity contribution in [3.05, 3.63) is 83.9 Å². The van der Waals surface area contributed by atoms with Crippen LogP contribution in [-0.2, 0) is 14.2 Å². The molecule has 226 valence electrons. The first kappa shape index (κ1) is 28.1. The van der Waals surface area contributed by atoms with Crippen LogP contribution in [0.2, 0.25) is 5.02 Å². The Morgan fingerprint density at radius 2 is 1.27 bits per heavy atom. The quantitative estimate of drug-likeness (QED) is 0.165. The van der Waals surface area contributed by atoms with Gasteiger partial charge in [0.1, 0.15) is 17.6 Å². The Balaban J connectivity index is 1.39. The third kappa shape index (κ3) is 4.40. The summed E-state index contributed by atoms with van der Waals surface area (Å²) in [7, 11) is 0. The second-order valence-corrected chi connectivity index (χ2v) is 14.4. The van der Waals surface area contributed by atoms with E-state index in [9.17, 15) is 0 Å². The number of fused-ring (bicyclic) bond motifs is 3. The van der Waals surface area contributed by atoms with E-state index in [0.29, 0.717) is 51.3 Å². The van der Waals surface area contributed by atoms with Gasteiger partial charge in [0, 0.05) is 43.1 Å². The van der Waals surface area contributed by atoms with Gasteiger partial charge in [0.05, 0.1) is 57.1 Å². The van der Waals surface area contributed by atoms with Gasteiger partial charge < -0.3 is 23.7 Å². The Morgan fingerprint density at radius 3 is 1.91 bits per heavy atom. The molecule has 0 amide bonds. The lowest BCUT2D eigenvalue weighted by atomic mass is 9.67. The third-order valence-corrected chi connectivity index (χ3v) is 10.1. The highest BCUT2D eigenvalue weighted by molar-refractivity contribution is 6.38. The lowest BCUT2D eigenvalue weighted by Crippen LogP contribution is -2.63. The summed E-state index contributed by atoms with van der Waals surface area (Å²) in [4.78, 5) is 0. The molecule has 0 saturated carbocycles. The monoisotopic (exact) mass is 608 g/mol. The predicted octanol–water partition coefficient (Wildman–Crippen LogP) is 8.70. The van der Waals surface area contributed by atoms with E-state index < -0.39 is 0 Å². The van der Waals surface area contributed by atoms with Crippen LogP contribution in [0.3, 0.4) is 0 Å². The van der Waals surface area contributed by atoms with Gasteiger partial charge in [-0.2, -0.15) is 0 Å². The van der Waals surface area contributed by atoms with Crippen molar-refractivity contribution in [3.8, 4) is 22.6 Å². The highest BCUT2D eigenvalue weighted by Crippen LogP contribution is 2.52. The molecule has 44 heavy (non-hydrogen) atoms. The zero-order chi connectivity index (χ0) is 30.1. The summed E-state index contributed by atoms with van der Waals surface area (Å²) in [6.07, 6.45) is -0.0943. The fourth-order valence-corrected chi connectivity index (χ4v) is 7.59. The van der Waals surface area contributed by atoms with Crippen molar-refractivity contribution in [1.82, 2.24) is 0 Å². The molecule has 3 fully saturated rings. The minimum absolute atomic E-state index is 0.00173. The Bertz CT molecular complexity index is 1880. The number of ether oxygens (including phenoxy) is 5. The molecule has 0 aromatic heterocycles. The minimum Gasteiger partial charge on any atom is -0.492 e. The smallest absolute Gasteiger partial charge is 0.135 e. The molecule has 5 aromatic rings. The SMILES string of the molecule is CC1(COc2c3ccccc3c(-c3ccc4ccccc4c3OC(C3(C)COC3)C3(C)COC3)c3c(Cl)cccc23)COC1. The highest BCUT2D eigenvalue weighted by atomic mass is 35.5. The van der Waals surface area contributed by atoms with Crippen LogP contribution in [0, 0.1) is 16.2 Å². The molecule has 3 aliphatic rings. The zero-order valence-corrected chi connectivity index (χ0v) is 26.2. The Kier molecular flexibility index (Phi) is 6.62. The van der Waals surface area contributed by atoms with Crippen LogP contribution in [0.4, 0.5) is 0 Å². The van der Waals surface area contributed by atoms with Crippen molar-refractivity contribution in [3.63, 3.8) is 0 Å². The average molecular weight is 609 g/mol. The molecule has 3 heterocycles. The fourth-order valence-electron chi connectivity index (χ4n) is 7.32. The second-order valence-electron chi connectivity index (χ2n) is 14.0. The second kappa shape index (κ2) is 10.3. The number of hydrogen-bond donors (Lipinski definition) is 0. The summed E-state index contributed by atoms with van der Waals surface area (Å²) in [6, 6.07) is 27.4. The van der Waals surface area contributed by atoms with E-state index >= 15 is 0 Å². The van der Waals surface area contributed by atoms with Gasteiger partial charge in [-0.25, -0.2) is 0 Å². The summed E-state index contributed by atoms with van der Waals surface area (Å²) in [5.41, 5.74) is 1.83. The van der Waals surface area contributed by atoms with Gasteiger partial charge in [0.15, 0.2) is 0 Å². The molecule has 0 unspecified atom stereocenters. The first-order valence-corrected chi connectivity index (χ1v) is 15.8. The molecule has 0 bridgehead atoms. The summed E-state index contributed by atoms with van der Waals surface area (Å²) >= 11 is 7.15. The molecule has 5 aromatic carbocycles. The first-order valence-electron chi connectivity index (χ1n) is 15.5. The van der Waals surface area contributed by atoms with Gasteiger partial charge in [-0.05, 0) is 22.9 Å². The first-order chi connectivity index (χ1) is 21.3. The summed E-state index contributed by atoms with van der Waals surface area (Å²) in [5, 5.41) is 6.97. The highest BCUT2D eigenvalue weighted by Gasteiger charge is 2.55. The normalized spacial score (nSPS) is 19.8. The van der Waals surface area contributed by atoms with E-state index in [4.69, 9.17) is 35.3 Å². The van der Waals surface area contributed by atoms with Gasteiger partial charge >= 0.3 is 0 Å². The van der Waals surface area contributed by atoms with Gasteiger partial charge in [-0.3, -0.25) is 0 Å². The lowest BCUT2D eigenvalue weighted by molar-refractivity contribution is -0.236. The van der Waals surface area contributed by atoms with E-state index in [2.05, 4.69) is 87.5 Å². The molecule has 0 atom stereocenters. The number of rotatable bonds is 8. The topological polar surface area (TPSA) is 46.2 Å². The van der Waals surface area contributed by atoms with E-state index in [1.165, 1.54) is 0 Å². The molecule has 0 spiro atoms. The average Bonchev–Trinajstić information content (AvgIpc) is 2.99. The predicted molar refractivity (Wildman–Crippen MR) is 176 cm³/mol. The van der Waals surface area contributed by atoms with Crippen molar-refractivity contribution >= 4 is 43.9 Å². The van der Waals surface area contributed by atoms with Crippen molar-refractivity contribution in [2.75, 3.05) is 46.2 Å². The van der Waals surface area contributed by atoms with Crippen LogP contribution in [-0.4, -0.2) is 52.4 Å². The van der Waals surface area contributed by atoms with Crippen molar-refractivity contribution in [2.45, 2.75) is 26.9 Å². The number of hydrogen-bond acceptors (Lipinski definition) is 5. The number of benzene rings is 5. The maximum Gasteiger partial charge on any atom is 0.135 e. The van der Waals surface area contributed by atoms with E-state index in [1.807, 2.05) is 12.1 Å². The molecule has 3 saturated heterocycles. The summed E-state index contributed by atoms with van der Waals surface area (Å²) in [5.74, 6) is 1.72. The fraction of sp³-hybridized carbons (Fsp3) is 0.368. The molecular weight excluding hydrogens is 572 g/mol. The van der Waals surface area contributed by atoms with E-state index in [1.54, 1.807) is 0 Å². The van der Waals surface area contributed by atoms with Crippen molar-refractivity contribution < 1.29 is 23.7 Å². The Morgan fingerprint density at radius 1 is 0.659 bits per heavy atom. The lowest BCUT2D eigenvalue weighted by Gasteiger charge is -2.54. The van der Waals surface area contributed by atoms with E-state index in [-0.39, 0.29) is 22.3 Å². The van der Waals surface area contributed by atoms with Crippen molar-refractivity contribution in [2.24, 2.45) is 16.2 Å². The molecule has 0 N–H and O–H groups in total. The van der Waals surface area contributed by atoms with Crippen LogP contribution < -0.4 is 9.47 Å². The standard InChI is InChI=1S/C38H37ClO5/c1-36(17-40-18-36)19-43-33-27-12-7-6-11-26(27)31(32-28(33)13-8-14-30(32)39)29-16-15-24-9-4-5-10-25(24)34(29)44-35(37(2)20-41-21-37)38(3)22-42-23-38/h4-16,35H,17-23H2,1-3H3. The van der Waals surface area contributed by atoms with Gasteiger partial charge in [0.2, 0.25) is 0 Å².